The van der Waals surface area contributed by atoms with Gasteiger partial charge < -0.3 is 10.2 Å². The molecule has 1 N–H and O–H groups in total. The molecule has 0 aliphatic carbocycles. The Kier molecular flexibility index (Phi) is 10.3. The lowest BCUT2D eigenvalue weighted by atomic mass is 10.3. The molecule has 19 heavy (non-hydrogen) atoms. The van der Waals surface area contributed by atoms with Gasteiger partial charge in [0, 0.05) is 31.4 Å². The first-order valence-corrected chi connectivity index (χ1v) is 5.30. The van der Waals surface area contributed by atoms with Gasteiger partial charge in [0.15, 0.2) is 0 Å². The zero-order valence-corrected chi connectivity index (χ0v) is 12.4. The molecule has 1 rings (SSSR count). The van der Waals surface area contributed by atoms with E-state index in [4.69, 9.17) is 0 Å². The second-order valence-corrected chi connectivity index (χ2v) is 4.14. The van der Waals surface area contributed by atoms with E-state index < -0.39 is 12.7 Å². The van der Waals surface area contributed by atoms with Gasteiger partial charge >= 0.3 is 6.18 Å². The molecule has 0 spiro atoms. The zero-order chi connectivity index (χ0) is 12.9. The first kappa shape index (κ1) is 20.8. The van der Waals surface area contributed by atoms with Crippen molar-refractivity contribution in [3.63, 3.8) is 0 Å². The highest BCUT2D eigenvalue weighted by Crippen LogP contribution is 2.16. The maximum Gasteiger partial charge on any atom is 0.408 e. The van der Waals surface area contributed by atoms with Crippen molar-refractivity contribution in [3.8, 4) is 0 Å². The van der Waals surface area contributed by atoms with E-state index in [0.717, 1.165) is 23.3 Å². The number of hydrogen-bond donors (Lipinski definition) is 1. The third kappa shape index (κ3) is 10.0. The maximum atomic E-state index is 12.1. The Labute approximate surface area is 123 Å². The summed E-state index contributed by atoms with van der Waals surface area (Å²) in [4.78, 5) is 2.03. The van der Waals surface area contributed by atoms with E-state index in [9.17, 15) is 13.2 Å². The lowest BCUT2D eigenvalue weighted by Gasteiger charge is -2.09. The van der Waals surface area contributed by atoms with E-state index in [0.29, 0.717) is 6.54 Å². The van der Waals surface area contributed by atoms with Gasteiger partial charge in [-0.05, 0) is 14.1 Å². The van der Waals surface area contributed by atoms with Gasteiger partial charge in [-0.25, -0.2) is 0 Å². The zero-order valence-electron chi connectivity index (χ0n) is 10.8. The minimum Gasteiger partial charge on any atom is -0.311 e. The second kappa shape index (κ2) is 9.41. The molecule has 1 aromatic heterocycles. The molecule has 1 aromatic rings. The van der Waals surface area contributed by atoms with Crippen molar-refractivity contribution < 1.29 is 13.2 Å². The Balaban J connectivity index is 0. The number of alkyl halides is 3. The van der Waals surface area contributed by atoms with Gasteiger partial charge in [-0.3, -0.25) is 4.68 Å². The Bertz CT molecular complexity index is 342. The number of aromatic nitrogens is 2. The number of halogens is 5. The number of nitrogens with zero attached hydrogens (tertiary/aromatic N) is 3. The summed E-state index contributed by atoms with van der Waals surface area (Å²) in [6, 6.07) is 0. The highest BCUT2D eigenvalue weighted by atomic mass is 35.5. The van der Waals surface area contributed by atoms with Gasteiger partial charge in [-0.1, -0.05) is 0 Å². The summed E-state index contributed by atoms with van der Waals surface area (Å²) in [7, 11) is 3.92. The van der Waals surface area contributed by atoms with Crippen LogP contribution in [0.2, 0.25) is 0 Å². The van der Waals surface area contributed by atoms with Crippen molar-refractivity contribution in [2.75, 3.05) is 27.2 Å². The second-order valence-electron chi connectivity index (χ2n) is 4.14. The summed E-state index contributed by atoms with van der Waals surface area (Å²) in [5.41, 5.74) is 0.757. The molecule has 0 saturated carbocycles. The van der Waals surface area contributed by atoms with Crippen LogP contribution in [0.4, 0.5) is 13.2 Å². The van der Waals surface area contributed by atoms with Crippen LogP contribution in [-0.2, 0) is 13.1 Å². The van der Waals surface area contributed by atoms with Crippen LogP contribution in [0.3, 0.4) is 0 Å². The third-order valence-electron chi connectivity index (χ3n) is 2.09. The Hall–Kier alpha value is -0.500. The van der Waals surface area contributed by atoms with Crippen LogP contribution in [0.1, 0.15) is 5.56 Å². The summed E-state index contributed by atoms with van der Waals surface area (Å²) >= 11 is 0. The topological polar surface area (TPSA) is 33.1 Å². The predicted octanol–water partition coefficient (Wildman–Crippen LogP) is 1.94. The molecule has 0 aliphatic rings. The summed E-state index contributed by atoms with van der Waals surface area (Å²) in [6.45, 7) is 1.17. The highest BCUT2D eigenvalue weighted by molar-refractivity contribution is 5.85. The van der Waals surface area contributed by atoms with Crippen LogP contribution < -0.4 is 5.32 Å². The lowest BCUT2D eigenvalue weighted by Crippen LogP contribution is -2.26. The Morgan fingerprint density at radius 2 is 1.95 bits per heavy atom. The molecule has 0 unspecified atom stereocenters. The van der Waals surface area contributed by atoms with Crippen molar-refractivity contribution >= 4 is 24.8 Å². The lowest BCUT2D eigenvalue weighted by molar-refractivity contribution is -0.142. The summed E-state index contributed by atoms with van der Waals surface area (Å²) in [6.07, 6.45) is -1.35. The molecular formula is C10H19Cl2F3N4. The summed E-state index contributed by atoms with van der Waals surface area (Å²) in [5.74, 6) is 0. The number of likely N-dealkylation sites (N-methyl/N-ethyl adjacent to an activating group) is 1. The van der Waals surface area contributed by atoms with Gasteiger partial charge in [0.25, 0.3) is 0 Å². The van der Waals surface area contributed by atoms with Crippen molar-refractivity contribution in [2.45, 2.75) is 19.3 Å². The van der Waals surface area contributed by atoms with E-state index in [1.54, 1.807) is 0 Å². The molecule has 0 aromatic carbocycles. The van der Waals surface area contributed by atoms with Gasteiger partial charge in [0.05, 0.1) is 6.20 Å². The standard InChI is InChI=1S/C10H17F3N4.2ClH/c1-16(2)4-3-14-5-9-6-15-17(7-9)8-10(11,12)13;;/h6-7,14H,3-5,8H2,1-2H3;2*1H. The molecule has 0 amide bonds. The SMILES string of the molecule is CN(C)CCNCc1cnn(CC(F)(F)F)c1.Cl.Cl. The van der Waals surface area contributed by atoms with Crippen LogP contribution in [0.25, 0.3) is 0 Å². The monoisotopic (exact) mass is 322 g/mol. The molecule has 0 bridgehead atoms. The molecule has 9 heteroatoms. The quantitative estimate of drug-likeness (QED) is 0.812. The molecule has 0 saturated heterocycles. The average molecular weight is 323 g/mol. The van der Waals surface area contributed by atoms with E-state index in [2.05, 4.69) is 10.4 Å². The first-order valence-electron chi connectivity index (χ1n) is 5.30. The normalized spacial score (nSPS) is 11.1. The summed E-state index contributed by atoms with van der Waals surface area (Å²) < 4.78 is 37.1. The molecular weight excluding hydrogens is 304 g/mol. The molecule has 4 nitrogen and oxygen atoms in total. The number of rotatable bonds is 6. The largest absolute Gasteiger partial charge is 0.408 e. The summed E-state index contributed by atoms with van der Waals surface area (Å²) in [5, 5.41) is 6.79. The van der Waals surface area contributed by atoms with E-state index >= 15 is 0 Å². The van der Waals surface area contributed by atoms with Crippen LogP contribution in [0, 0.1) is 0 Å². The highest BCUT2D eigenvalue weighted by Gasteiger charge is 2.28. The van der Waals surface area contributed by atoms with Crippen LogP contribution >= 0.6 is 24.8 Å². The number of hydrogen-bond acceptors (Lipinski definition) is 3. The minimum atomic E-state index is -4.22. The number of nitrogens with one attached hydrogen (secondary N) is 1. The van der Waals surface area contributed by atoms with Crippen LogP contribution in [0.15, 0.2) is 12.4 Å². The Morgan fingerprint density at radius 1 is 1.32 bits per heavy atom. The third-order valence-corrected chi connectivity index (χ3v) is 2.09. The fourth-order valence-corrected chi connectivity index (χ4v) is 1.30. The average Bonchev–Trinajstić information content (AvgIpc) is 2.57. The molecule has 0 atom stereocenters. The van der Waals surface area contributed by atoms with E-state index in [1.165, 1.54) is 12.4 Å². The fraction of sp³-hybridized carbons (Fsp3) is 0.700. The molecule has 0 aliphatic heterocycles. The van der Waals surface area contributed by atoms with Crippen molar-refractivity contribution in [1.82, 2.24) is 20.0 Å². The molecule has 0 fully saturated rings. The van der Waals surface area contributed by atoms with Crippen molar-refractivity contribution in [3.05, 3.63) is 18.0 Å². The van der Waals surface area contributed by atoms with Gasteiger partial charge in [-0.15, -0.1) is 24.8 Å². The van der Waals surface area contributed by atoms with E-state index in [-0.39, 0.29) is 24.8 Å². The van der Waals surface area contributed by atoms with E-state index in [1.807, 2.05) is 19.0 Å². The smallest absolute Gasteiger partial charge is 0.311 e. The van der Waals surface area contributed by atoms with Crippen molar-refractivity contribution in [2.24, 2.45) is 0 Å². The fourth-order valence-electron chi connectivity index (χ4n) is 1.30. The van der Waals surface area contributed by atoms with Gasteiger partial charge in [-0.2, -0.15) is 18.3 Å². The predicted molar refractivity (Wildman–Crippen MR) is 73.0 cm³/mol. The van der Waals surface area contributed by atoms with Crippen LogP contribution in [0.5, 0.6) is 0 Å². The Morgan fingerprint density at radius 3 is 2.47 bits per heavy atom. The van der Waals surface area contributed by atoms with Crippen LogP contribution in [-0.4, -0.2) is 48.0 Å². The van der Waals surface area contributed by atoms with Crippen molar-refractivity contribution in [1.29, 1.82) is 0 Å². The molecule has 114 valence electrons. The minimum absolute atomic E-state index is 0. The maximum absolute atomic E-state index is 12.1. The van der Waals surface area contributed by atoms with Gasteiger partial charge in [0.2, 0.25) is 0 Å². The van der Waals surface area contributed by atoms with Gasteiger partial charge in [0.1, 0.15) is 6.54 Å². The molecule has 1 heterocycles. The first-order chi connectivity index (χ1) is 7.87. The molecule has 0 radical (unpaired) electrons.